The molecular weight excluding hydrogens is 330 g/mol. The van der Waals surface area contributed by atoms with Crippen LogP contribution in [0.5, 0.6) is 0 Å². The molecule has 0 saturated heterocycles. The van der Waals surface area contributed by atoms with E-state index in [2.05, 4.69) is 42.9 Å². The van der Waals surface area contributed by atoms with Crippen molar-refractivity contribution in [2.75, 3.05) is 6.54 Å². The molecule has 0 bridgehead atoms. The Morgan fingerprint density at radius 2 is 2.19 bits per heavy atom. The molecule has 134 valence electrons. The fraction of sp³-hybridized carbons (Fsp3) is 0.333. The number of rotatable bonds is 6. The van der Waals surface area contributed by atoms with E-state index in [9.17, 15) is 4.79 Å². The van der Waals surface area contributed by atoms with Gasteiger partial charge in [0.15, 0.2) is 5.82 Å². The van der Waals surface area contributed by atoms with Crippen molar-refractivity contribution in [3.63, 3.8) is 0 Å². The van der Waals surface area contributed by atoms with Crippen LogP contribution in [-0.4, -0.2) is 37.2 Å². The Kier molecular flexibility index (Phi) is 4.74. The number of aromatic nitrogens is 5. The van der Waals surface area contributed by atoms with Crippen molar-refractivity contribution in [3.8, 4) is 0 Å². The fourth-order valence-corrected chi connectivity index (χ4v) is 3.20. The van der Waals surface area contributed by atoms with Crippen molar-refractivity contribution in [2.45, 2.75) is 32.0 Å². The van der Waals surface area contributed by atoms with Crippen molar-refractivity contribution in [1.82, 2.24) is 35.4 Å². The fourth-order valence-electron chi connectivity index (χ4n) is 3.20. The summed E-state index contributed by atoms with van der Waals surface area (Å²) in [7, 11) is 0. The summed E-state index contributed by atoms with van der Waals surface area (Å²) in [6.45, 7) is 1.86. The number of amides is 1. The van der Waals surface area contributed by atoms with Gasteiger partial charge in [0.25, 0.3) is 0 Å². The predicted molar refractivity (Wildman–Crippen MR) is 95.1 cm³/mol. The Labute approximate surface area is 151 Å². The van der Waals surface area contributed by atoms with Crippen LogP contribution < -0.4 is 10.6 Å². The molecule has 3 aromatic rings. The van der Waals surface area contributed by atoms with E-state index in [0.717, 1.165) is 43.1 Å². The van der Waals surface area contributed by atoms with E-state index in [1.807, 2.05) is 22.8 Å². The van der Waals surface area contributed by atoms with Crippen LogP contribution in [0.2, 0.25) is 0 Å². The zero-order valence-corrected chi connectivity index (χ0v) is 14.4. The summed E-state index contributed by atoms with van der Waals surface area (Å²) in [6.07, 6.45) is 5.08. The first-order chi connectivity index (χ1) is 12.8. The van der Waals surface area contributed by atoms with Gasteiger partial charge in [-0.25, -0.2) is 4.98 Å². The highest BCUT2D eigenvalue weighted by Gasteiger charge is 2.28. The zero-order valence-electron chi connectivity index (χ0n) is 14.4. The van der Waals surface area contributed by atoms with Gasteiger partial charge >= 0.3 is 0 Å². The first-order valence-electron chi connectivity index (χ1n) is 8.75. The zero-order chi connectivity index (χ0) is 17.8. The number of fused-ring (bicyclic) bond motifs is 1. The van der Waals surface area contributed by atoms with Crippen LogP contribution in [0, 0.1) is 0 Å². The summed E-state index contributed by atoms with van der Waals surface area (Å²) in [5, 5.41) is 14.3. The van der Waals surface area contributed by atoms with Crippen LogP contribution in [0.1, 0.15) is 28.8 Å². The second-order valence-corrected chi connectivity index (χ2v) is 6.30. The van der Waals surface area contributed by atoms with Gasteiger partial charge in [0.2, 0.25) is 5.91 Å². The molecule has 0 saturated carbocycles. The number of nitrogens with one attached hydrogen (secondary N) is 3. The van der Waals surface area contributed by atoms with Crippen molar-refractivity contribution < 1.29 is 4.79 Å². The van der Waals surface area contributed by atoms with Crippen LogP contribution in [-0.2, 0) is 30.7 Å². The maximum atomic E-state index is 12.6. The monoisotopic (exact) mass is 351 g/mol. The number of carbonyl (C=O) groups is 1. The van der Waals surface area contributed by atoms with E-state index in [1.54, 1.807) is 12.7 Å². The minimum atomic E-state index is -0.425. The summed E-state index contributed by atoms with van der Waals surface area (Å²) >= 11 is 0. The Morgan fingerprint density at radius 1 is 1.31 bits per heavy atom. The molecule has 1 aromatic carbocycles. The number of carbonyl (C=O) groups excluding carboxylic acids is 1. The predicted octanol–water partition coefficient (Wildman–Crippen LogP) is 0.747. The van der Waals surface area contributed by atoms with Gasteiger partial charge < -0.3 is 20.2 Å². The Balaban J connectivity index is 1.36. The molecule has 8 nitrogen and oxygen atoms in total. The van der Waals surface area contributed by atoms with Gasteiger partial charge in [0, 0.05) is 25.2 Å². The topological polar surface area (TPSA) is 101 Å². The highest BCUT2D eigenvalue weighted by molar-refractivity contribution is 5.83. The van der Waals surface area contributed by atoms with Crippen molar-refractivity contribution in [2.24, 2.45) is 0 Å². The molecule has 1 unspecified atom stereocenters. The lowest BCUT2D eigenvalue weighted by molar-refractivity contribution is -0.123. The quantitative estimate of drug-likeness (QED) is 0.608. The van der Waals surface area contributed by atoms with Crippen molar-refractivity contribution in [3.05, 3.63) is 65.8 Å². The van der Waals surface area contributed by atoms with E-state index >= 15 is 0 Å². The molecular formula is C18H21N7O. The largest absolute Gasteiger partial charge is 0.348 e. The van der Waals surface area contributed by atoms with E-state index in [0.29, 0.717) is 6.54 Å². The van der Waals surface area contributed by atoms with Crippen LogP contribution >= 0.6 is 0 Å². The van der Waals surface area contributed by atoms with Gasteiger partial charge in [0.05, 0.1) is 18.6 Å². The van der Waals surface area contributed by atoms with E-state index < -0.39 is 6.04 Å². The van der Waals surface area contributed by atoms with Gasteiger partial charge in [-0.05, 0) is 12.0 Å². The van der Waals surface area contributed by atoms with Gasteiger partial charge in [-0.3, -0.25) is 4.79 Å². The molecule has 3 N–H and O–H groups in total. The standard InChI is InChI=1S/C18H21N7O/c26-18(17-16-14(6-8-19-17)21-11-22-16)20-10-15-24-23-12-25(15)9-7-13-4-2-1-3-5-13/h1-5,11-12,17,19H,6-10H2,(H,20,26)(H,21,22). The molecule has 1 aliphatic heterocycles. The average Bonchev–Trinajstić information content (AvgIpc) is 3.34. The lowest BCUT2D eigenvalue weighted by Gasteiger charge is -2.22. The summed E-state index contributed by atoms with van der Waals surface area (Å²) in [5.74, 6) is 0.642. The van der Waals surface area contributed by atoms with Gasteiger partial charge in [0.1, 0.15) is 12.4 Å². The summed E-state index contributed by atoms with van der Waals surface area (Å²) in [6, 6.07) is 9.84. The molecule has 0 spiro atoms. The maximum Gasteiger partial charge on any atom is 0.243 e. The first-order valence-corrected chi connectivity index (χ1v) is 8.75. The number of hydrogen-bond acceptors (Lipinski definition) is 5. The smallest absolute Gasteiger partial charge is 0.243 e. The van der Waals surface area contributed by atoms with Crippen molar-refractivity contribution in [1.29, 1.82) is 0 Å². The number of H-pyrrole nitrogens is 1. The normalized spacial score (nSPS) is 16.2. The van der Waals surface area contributed by atoms with Crippen molar-refractivity contribution >= 4 is 5.91 Å². The number of imidazole rings is 1. The minimum Gasteiger partial charge on any atom is -0.348 e. The second kappa shape index (κ2) is 7.49. The number of aryl methyl sites for hydroxylation is 2. The minimum absolute atomic E-state index is 0.101. The van der Waals surface area contributed by atoms with E-state index in [4.69, 9.17) is 0 Å². The molecule has 1 atom stereocenters. The highest BCUT2D eigenvalue weighted by atomic mass is 16.2. The number of benzene rings is 1. The van der Waals surface area contributed by atoms with Gasteiger partial charge in [-0.1, -0.05) is 30.3 Å². The molecule has 1 amide bonds. The molecule has 0 aliphatic carbocycles. The first kappa shape index (κ1) is 16.5. The third kappa shape index (κ3) is 3.50. The molecule has 4 rings (SSSR count). The Hall–Kier alpha value is -3.00. The summed E-state index contributed by atoms with van der Waals surface area (Å²) in [4.78, 5) is 19.9. The SMILES string of the molecule is O=C(NCc1nncn1CCc1ccccc1)C1NCCc2[nH]cnc21. The van der Waals surface area contributed by atoms with Gasteiger partial charge in [-0.15, -0.1) is 10.2 Å². The Morgan fingerprint density at radius 3 is 3.08 bits per heavy atom. The third-order valence-corrected chi connectivity index (χ3v) is 4.61. The van der Waals surface area contributed by atoms with E-state index in [-0.39, 0.29) is 5.91 Å². The van der Waals surface area contributed by atoms with Crippen LogP contribution in [0.4, 0.5) is 0 Å². The van der Waals surface area contributed by atoms with Gasteiger partial charge in [-0.2, -0.15) is 0 Å². The molecule has 1 aliphatic rings. The third-order valence-electron chi connectivity index (χ3n) is 4.61. The van der Waals surface area contributed by atoms with Crippen LogP contribution in [0.15, 0.2) is 43.0 Å². The number of nitrogens with zero attached hydrogens (tertiary/aromatic N) is 4. The lowest BCUT2D eigenvalue weighted by Crippen LogP contribution is -2.41. The highest BCUT2D eigenvalue weighted by Crippen LogP contribution is 2.19. The maximum absolute atomic E-state index is 12.6. The Bertz CT molecular complexity index is 871. The molecule has 0 radical (unpaired) electrons. The second-order valence-electron chi connectivity index (χ2n) is 6.30. The molecule has 8 heteroatoms. The lowest BCUT2D eigenvalue weighted by atomic mass is 10.1. The molecule has 0 fully saturated rings. The van der Waals surface area contributed by atoms with Crippen LogP contribution in [0.25, 0.3) is 0 Å². The van der Waals surface area contributed by atoms with Crippen LogP contribution in [0.3, 0.4) is 0 Å². The molecule has 2 aromatic heterocycles. The summed E-state index contributed by atoms with van der Waals surface area (Å²) < 4.78 is 1.97. The molecule has 3 heterocycles. The van der Waals surface area contributed by atoms with E-state index in [1.165, 1.54) is 5.56 Å². The number of aromatic amines is 1. The molecule has 26 heavy (non-hydrogen) atoms. The number of hydrogen-bond donors (Lipinski definition) is 3. The average molecular weight is 351 g/mol. The summed E-state index contributed by atoms with van der Waals surface area (Å²) in [5.41, 5.74) is 3.06.